The lowest BCUT2D eigenvalue weighted by Gasteiger charge is -2.33. The van der Waals surface area contributed by atoms with Crippen molar-refractivity contribution in [3.8, 4) is 0 Å². The summed E-state index contributed by atoms with van der Waals surface area (Å²) >= 11 is 12.1. The van der Waals surface area contributed by atoms with Gasteiger partial charge in [-0.15, -0.1) is 0 Å². The number of likely N-dealkylation sites (tertiary alicyclic amines) is 1. The molecule has 5 nitrogen and oxygen atoms in total. The maximum Gasteiger partial charge on any atom is 0.341 e. The minimum atomic E-state index is -0.516. The van der Waals surface area contributed by atoms with Crippen molar-refractivity contribution < 1.29 is 10.0 Å². The monoisotopic (exact) mass is 345 g/mol. The van der Waals surface area contributed by atoms with Gasteiger partial charge in [0.05, 0.1) is 22.1 Å². The van der Waals surface area contributed by atoms with Crippen LogP contribution < -0.4 is 5.32 Å². The van der Waals surface area contributed by atoms with Crippen LogP contribution in [0.15, 0.2) is 18.2 Å². The fourth-order valence-corrected chi connectivity index (χ4v) is 3.06. The van der Waals surface area contributed by atoms with Crippen LogP contribution in [-0.2, 0) is 0 Å². The molecule has 1 aromatic carbocycles. The summed E-state index contributed by atoms with van der Waals surface area (Å²) in [6.45, 7) is 3.54. The first kappa shape index (κ1) is 17.3. The second kappa shape index (κ2) is 7.51. The lowest BCUT2D eigenvalue weighted by molar-refractivity contribution is -0.0919. The Morgan fingerprint density at radius 3 is 2.68 bits per heavy atom. The molecule has 2 N–H and O–H groups in total. The SMILES string of the molecule is CC(NC(=O)N(O)C1CCN(C)CC1)c1cccc(Cl)c1Cl. The maximum absolute atomic E-state index is 12.2. The van der Waals surface area contributed by atoms with E-state index >= 15 is 0 Å². The third kappa shape index (κ3) is 4.04. The fraction of sp³-hybridized carbons (Fsp3) is 0.533. The van der Waals surface area contributed by atoms with Crippen LogP contribution in [0.25, 0.3) is 0 Å². The van der Waals surface area contributed by atoms with E-state index in [2.05, 4.69) is 10.2 Å². The van der Waals surface area contributed by atoms with E-state index in [0.717, 1.165) is 36.6 Å². The van der Waals surface area contributed by atoms with Gasteiger partial charge in [-0.25, -0.2) is 9.86 Å². The van der Waals surface area contributed by atoms with E-state index < -0.39 is 6.03 Å². The van der Waals surface area contributed by atoms with Gasteiger partial charge in [0.2, 0.25) is 0 Å². The smallest absolute Gasteiger partial charge is 0.330 e. The van der Waals surface area contributed by atoms with Crippen molar-refractivity contribution in [3.63, 3.8) is 0 Å². The Morgan fingerprint density at radius 1 is 1.41 bits per heavy atom. The molecule has 1 unspecified atom stereocenters. The predicted octanol–water partition coefficient (Wildman–Crippen LogP) is 3.55. The topological polar surface area (TPSA) is 55.8 Å². The quantitative estimate of drug-likeness (QED) is 0.650. The zero-order valence-electron chi connectivity index (χ0n) is 12.7. The summed E-state index contributed by atoms with van der Waals surface area (Å²) in [5, 5.41) is 14.5. The van der Waals surface area contributed by atoms with Gasteiger partial charge in [0.1, 0.15) is 0 Å². The Morgan fingerprint density at radius 2 is 2.05 bits per heavy atom. The number of nitrogens with one attached hydrogen (secondary N) is 1. The molecule has 0 aromatic heterocycles. The molecule has 0 saturated carbocycles. The first-order valence-electron chi connectivity index (χ1n) is 7.31. The molecule has 1 aliphatic heterocycles. The number of carbonyl (C=O) groups is 1. The normalized spacial score (nSPS) is 18.0. The van der Waals surface area contributed by atoms with Gasteiger partial charge >= 0.3 is 6.03 Å². The summed E-state index contributed by atoms with van der Waals surface area (Å²) in [4.78, 5) is 14.4. The number of piperidine rings is 1. The van der Waals surface area contributed by atoms with Gasteiger partial charge in [-0.2, -0.15) is 0 Å². The number of carbonyl (C=O) groups excluding carboxylic acids is 1. The van der Waals surface area contributed by atoms with Crippen molar-refractivity contribution in [1.82, 2.24) is 15.3 Å². The van der Waals surface area contributed by atoms with Gasteiger partial charge in [0.15, 0.2) is 0 Å². The summed E-state index contributed by atoms with van der Waals surface area (Å²) < 4.78 is 0. The van der Waals surface area contributed by atoms with Crippen LogP contribution in [0.3, 0.4) is 0 Å². The number of hydroxylamine groups is 2. The zero-order valence-corrected chi connectivity index (χ0v) is 14.2. The number of rotatable bonds is 3. The van der Waals surface area contributed by atoms with E-state index in [9.17, 15) is 10.0 Å². The summed E-state index contributed by atoms with van der Waals surface area (Å²) in [7, 11) is 2.03. The van der Waals surface area contributed by atoms with Crippen molar-refractivity contribution in [2.75, 3.05) is 20.1 Å². The third-order valence-corrected chi connectivity index (χ3v) is 4.86. The second-order valence-electron chi connectivity index (χ2n) is 5.69. The van der Waals surface area contributed by atoms with Crippen LogP contribution in [0, 0.1) is 0 Å². The van der Waals surface area contributed by atoms with Gasteiger partial charge < -0.3 is 10.2 Å². The van der Waals surface area contributed by atoms with Crippen molar-refractivity contribution >= 4 is 29.2 Å². The molecule has 2 amide bonds. The summed E-state index contributed by atoms with van der Waals surface area (Å²) in [6, 6.07) is 4.26. The molecule has 0 radical (unpaired) electrons. The first-order chi connectivity index (χ1) is 10.4. The van der Waals surface area contributed by atoms with Gasteiger partial charge in [-0.05, 0) is 51.5 Å². The average molecular weight is 346 g/mol. The molecular formula is C15H21Cl2N3O2. The molecule has 0 aliphatic carbocycles. The lowest BCUT2D eigenvalue weighted by atomic mass is 10.1. The average Bonchev–Trinajstić information content (AvgIpc) is 2.50. The van der Waals surface area contributed by atoms with E-state index in [1.807, 2.05) is 7.05 Å². The van der Waals surface area contributed by atoms with Crippen LogP contribution in [0.5, 0.6) is 0 Å². The predicted molar refractivity (Wildman–Crippen MR) is 87.6 cm³/mol. The second-order valence-corrected chi connectivity index (χ2v) is 6.48. The molecular weight excluding hydrogens is 325 g/mol. The van der Waals surface area contributed by atoms with E-state index in [1.165, 1.54) is 0 Å². The van der Waals surface area contributed by atoms with E-state index in [4.69, 9.17) is 23.2 Å². The van der Waals surface area contributed by atoms with Crippen molar-refractivity contribution in [2.24, 2.45) is 0 Å². The fourth-order valence-electron chi connectivity index (χ4n) is 2.59. The number of amides is 2. The maximum atomic E-state index is 12.2. The van der Waals surface area contributed by atoms with E-state index in [-0.39, 0.29) is 12.1 Å². The number of halogens is 2. The molecule has 122 valence electrons. The summed E-state index contributed by atoms with van der Waals surface area (Å²) in [6.07, 6.45) is 1.51. The van der Waals surface area contributed by atoms with Crippen molar-refractivity contribution in [1.29, 1.82) is 0 Å². The highest BCUT2D eigenvalue weighted by molar-refractivity contribution is 6.42. The van der Waals surface area contributed by atoms with Gasteiger partial charge in [0.25, 0.3) is 0 Å². The molecule has 1 atom stereocenters. The van der Waals surface area contributed by atoms with Gasteiger partial charge in [-0.3, -0.25) is 5.21 Å². The molecule has 1 fully saturated rings. The van der Waals surface area contributed by atoms with Crippen LogP contribution in [0.4, 0.5) is 4.79 Å². The Kier molecular flexibility index (Phi) is 5.92. The van der Waals surface area contributed by atoms with Crippen LogP contribution in [0.1, 0.15) is 31.4 Å². The molecule has 0 spiro atoms. The van der Waals surface area contributed by atoms with E-state index in [0.29, 0.717) is 10.0 Å². The molecule has 1 saturated heterocycles. The van der Waals surface area contributed by atoms with Gasteiger partial charge in [-0.1, -0.05) is 35.3 Å². The Labute approximate surface area is 140 Å². The number of hydrogen-bond donors (Lipinski definition) is 2. The first-order valence-corrected chi connectivity index (χ1v) is 8.06. The van der Waals surface area contributed by atoms with Crippen molar-refractivity contribution in [3.05, 3.63) is 33.8 Å². The highest BCUT2D eigenvalue weighted by atomic mass is 35.5. The molecule has 1 aromatic rings. The number of urea groups is 1. The minimum Gasteiger partial charge on any atom is -0.330 e. The zero-order chi connectivity index (χ0) is 16.3. The number of benzene rings is 1. The molecule has 7 heteroatoms. The molecule has 1 heterocycles. The van der Waals surface area contributed by atoms with E-state index in [1.54, 1.807) is 25.1 Å². The highest BCUT2D eigenvalue weighted by Crippen LogP contribution is 2.29. The molecule has 0 bridgehead atoms. The largest absolute Gasteiger partial charge is 0.341 e. The Balaban J connectivity index is 1.97. The third-order valence-electron chi connectivity index (χ3n) is 4.03. The number of nitrogens with zero attached hydrogens (tertiary/aromatic N) is 2. The summed E-state index contributed by atoms with van der Waals surface area (Å²) in [5.74, 6) is 0. The minimum absolute atomic E-state index is 0.154. The molecule has 22 heavy (non-hydrogen) atoms. The number of hydrogen-bond acceptors (Lipinski definition) is 3. The Hall–Kier alpha value is -1.01. The van der Waals surface area contributed by atoms with Gasteiger partial charge in [0, 0.05) is 0 Å². The molecule has 2 rings (SSSR count). The Bertz CT molecular complexity index is 534. The molecule has 1 aliphatic rings. The van der Waals surface area contributed by atoms with Crippen LogP contribution >= 0.6 is 23.2 Å². The highest BCUT2D eigenvalue weighted by Gasteiger charge is 2.27. The lowest BCUT2D eigenvalue weighted by Crippen LogP contribution is -2.48. The standard InChI is InChI=1S/C15H21Cl2N3O2/c1-10(12-4-3-5-13(16)14(12)17)18-15(21)20(22)11-6-8-19(2)9-7-11/h3-5,10-11,22H,6-9H2,1-2H3,(H,18,21). The summed E-state index contributed by atoms with van der Waals surface area (Å²) in [5.41, 5.74) is 0.722. The van der Waals surface area contributed by atoms with Crippen LogP contribution in [0.2, 0.25) is 10.0 Å². The van der Waals surface area contributed by atoms with Crippen LogP contribution in [-0.4, -0.2) is 47.4 Å². The van der Waals surface area contributed by atoms with Crippen molar-refractivity contribution in [2.45, 2.75) is 31.8 Å².